The molecule has 5 nitrogen and oxygen atoms in total. The van der Waals surface area contributed by atoms with E-state index in [0.717, 1.165) is 44.8 Å². The van der Waals surface area contributed by atoms with Gasteiger partial charge in [-0.3, -0.25) is 0 Å². The number of fused-ring (bicyclic) bond motifs is 5. The molecule has 346 valence electrons. The molecule has 0 saturated carbocycles. The van der Waals surface area contributed by atoms with Gasteiger partial charge in [0.1, 0.15) is 29.9 Å². The number of carbonyl (C=O) groups excluding carboxylic acids is 1. The largest absolute Gasteiger partial charge is 1.00 e. The zero-order valence-electron chi connectivity index (χ0n) is 22.0. The number of esters is 1. The number of hydrogen-bond acceptors (Lipinski definition) is 6. The first kappa shape index (κ1) is 27.3. The molecule has 0 amide bonds. The number of likely N-dealkylation sites (N-methyl/N-ethyl adjacent to an activating group) is 1. The normalized spacial score (nSPS) is 34.8. The molecule has 0 aromatic carbocycles. The first-order valence-corrected chi connectivity index (χ1v) is 14.2. The first-order chi connectivity index (χ1) is 16.1. The Labute approximate surface area is 341 Å². The van der Waals surface area contributed by atoms with Gasteiger partial charge in [0.05, 0.1) is 22.3 Å². The number of carbonyl (C=O) groups is 1. The van der Waals surface area contributed by atoms with Gasteiger partial charge in [-0.1, -0.05) is 0 Å². The van der Waals surface area contributed by atoms with Crippen LogP contribution in [0.5, 0.6) is 0 Å². The summed E-state index contributed by atoms with van der Waals surface area (Å²) in [5, 5.41) is 4.14. The van der Waals surface area contributed by atoms with Gasteiger partial charge >= 0.3 is 5.97 Å². The molecule has 2 aromatic heterocycles. The summed E-state index contributed by atoms with van der Waals surface area (Å²) in [5.74, 6) is -0.282. The predicted octanol–water partition coefficient (Wildman–Crippen LogP) is 21.2. The van der Waals surface area contributed by atoms with E-state index in [1.165, 1.54) is 5.56 Å². The number of epoxide rings is 1. The van der Waals surface area contributed by atoms with Gasteiger partial charge in [-0.05, 0) is 82.0 Å². The van der Waals surface area contributed by atoms with E-state index in [1.54, 1.807) is 29.8 Å². The van der Waals surface area contributed by atoms with Gasteiger partial charge in [0.15, 0.2) is 0 Å². The fraction of sp³-hybridized carbons (Fsp3) is 0.667. The molecule has 0 spiro atoms. The summed E-state index contributed by atoms with van der Waals surface area (Å²) in [6.45, 7) is 16.5. The highest BCUT2D eigenvalue weighted by atomic mass is 79.9. The molecule has 0 N–H and O–H groups in total. The lowest BCUT2D eigenvalue weighted by Crippen LogP contribution is -3.00. The summed E-state index contributed by atoms with van der Waals surface area (Å²) >= 11 is 3.16. The van der Waals surface area contributed by atoms with E-state index >= 15 is 0 Å². The van der Waals surface area contributed by atoms with E-state index in [2.05, 4.69) is 53.0 Å². The number of methoxy groups -OCH3 is 1. The second-order valence-corrected chi connectivity index (χ2v) is 12.7. The fourth-order valence-electron chi connectivity index (χ4n) is 7.33. The summed E-state index contributed by atoms with van der Waals surface area (Å²) < 4.78 is 19.9. The van der Waals surface area contributed by atoms with Crippen molar-refractivity contribution >= 4 is 28.6 Å². The van der Waals surface area contributed by atoms with Crippen LogP contribution < -0.4 is 17.0 Å². The minimum absolute atomic E-state index is 0. The van der Waals surface area contributed by atoms with Crippen molar-refractivity contribution in [2.75, 3.05) is 13.7 Å². The third-order valence-electron chi connectivity index (χ3n) is 9.25. The average molecular weight is 738 g/mol. The van der Waals surface area contributed by atoms with Crippen LogP contribution >= 0.6 is 22.7 Å². The molecule has 3 aliphatic heterocycles. The molecule has 0 aliphatic carbocycles. The van der Waals surface area contributed by atoms with Crippen molar-refractivity contribution in [2.45, 2.75) is 103 Å². The predicted molar refractivity (Wildman–Crippen MR) is 297 cm³/mol. The highest BCUT2D eigenvalue weighted by molar-refractivity contribution is 7.12. The van der Waals surface area contributed by atoms with Crippen LogP contribution in [0.2, 0.25) is 0 Å². The van der Waals surface area contributed by atoms with Crippen LogP contribution in [0.3, 0.4) is 0 Å². The Kier molecular flexibility index (Phi) is 7.17. The zero-order chi connectivity index (χ0) is 24.6. The molecule has 3 saturated heterocycles. The van der Waals surface area contributed by atoms with Gasteiger partial charge in [-0.25, -0.2) is 4.79 Å². The van der Waals surface area contributed by atoms with E-state index in [-0.39, 0.29) is 149 Å². The topological polar surface area (TPSA) is 48.1 Å². The number of rotatable bonds is 7. The van der Waals surface area contributed by atoms with Crippen molar-refractivity contribution < 1.29 is 149 Å². The molecular weight excluding hydrogens is 546 g/mol. The minimum atomic E-state index is -1.23. The Morgan fingerprint density at radius 3 is 2.46 bits per heavy atom. The van der Waals surface area contributed by atoms with Crippen LogP contribution in [0, 0.1) is 20.8 Å². The number of nitrogens with zero attached hydrogens (tertiary/aromatic N) is 1. The molecule has 5 rings (SSSR count). The minimum Gasteiger partial charge on any atom is -1.00 e. The summed E-state index contributed by atoms with van der Waals surface area (Å²) in [6.07, 6.45) is 1.84. The Morgan fingerprint density at radius 1 is 1.26 bits per heavy atom. The second-order valence-electron chi connectivity index (χ2n) is 10.9. The van der Waals surface area contributed by atoms with Crippen molar-refractivity contribution in [1.29, 1.82) is 0 Å². The van der Waals surface area contributed by atoms with Gasteiger partial charge in [-0.2, -0.15) is 0 Å². The van der Waals surface area contributed by atoms with E-state index < -0.39 is 5.60 Å². The SMILES string of the molecule is CC[N+]1(C(C)C)C2CC(OC(=O)C(OC)(c3sccc3C)c3scc(C)c3C)CC1C1(C)OC21.[Br-].[HH].[HH].[HH].[HH].[HH].[HH].[HH].[HH].[HH].[HH].[HH].[HH].[HH].[HH].[HH].[HH].[HH].[HH].[HH].[HH].[HH].[HH].[HH].[HH].[HH].[HH].[HH].[HH].[HH].[HH].[HH].[HH].[HH].[HH].[HH].[HH].[HH].[HH].[HH].[HH].[HH].[HH].[HH].[HH].[HH].[HH].[HH].[HH].[HH].[HH].[HH].[HH].[HH].[HH].[HH].[HH].[HH].[HH].[HH].[HH].[HH].[HH].[HH].[HH].[HH].[HH].[HH].[HH].[HH].[HH].[HH].[HH].[HH].[HH].[HH].[HH]. The van der Waals surface area contributed by atoms with Gasteiger partial charge in [0, 0.05) is 128 Å². The third-order valence-corrected chi connectivity index (χ3v) is 11.7. The van der Waals surface area contributed by atoms with Crippen molar-refractivity contribution in [3.8, 4) is 0 Å². The number of halogens is 1. The maximum Gasteiger partial charge on any atom is 0.349 e. The van der Waals surface area contributed by atoms with E-state index in [0.29, 0.717) is 18.1 Å². The number of ether oxygens (including phenoxy) is 3. The van der Waals surface area contributed by atoms with Crippen LogP contribution in [-0.4, -0.2) is 60.0 Å². The van der Waals surface area contributed by atoms with E-state index in [4.69, 9.17) is 14.2 Å². The number of piperidine rings is 1. The number of aryl methyl sites for hydroxylation is 2. The summed E-state index contributed by atoms with van der Waals surface area (Å²) in [5.41, 5.74) is 2.02. The van der Waals surface area contributed by atoms with Crippen molar-refractivity contribution in [2.24, 2.45) is 0 Å². The molecule has 2 aromatic rings. The number of thiophene rings is 2. The molecule has 0 radical (unpaired) electrons. The maximum atomic E-state index is 14.2. The summed E-state index contributed by atoms with van der Waals surface area (Å²) in [6, 6.07) is 3.30. The second kappa shape index (κ2) is 9.21. The van der Waals surface area contributed by atoms with E-state index in [1.807, 2.05) is 12.3 Å². The molecule has 5 heterocycles. The molecule has 7 atom stereocenters. The van der Waals surface area contributed by atoms with Gasteiger partial charge in [0.2, 0.25) is 5.60 Å². The van der Waals surface area contributed by atoms with Crippen LogP contribution in [0.25, 0.3) is 0 Å². The molecule has 3 aliphatic rings. The van der Waals surface area contributed by atoms with Gasteiger partial charge < -0.3 is 35.7 Å². The van der Waals surface area contributed by atoms with Crippen LogP contribution in [0.15, 0.2) is 16.8 Å². The van der Waals surface area contributed by atoms with Gasteiger partial charge in [0.25, 0.3) is 0 Å². The average Bonchev–Trinajstić information content (AvgIpc) is 3.05. The molecule has 7 unspecified atom stereocenters. The zero-order valence-corrected chi connectivity index (χ0v) is 25.2. The number of hydrogen-bond donors (Lipinski definition) is 0. The molecule has 2 bridgehead atoms. The van der Waals surface area contributed by atoms with Gasteiger partial charge in [-0.15, -0.1) is 22.7 Å². The lowest BCUT2D eigenvalue weighted by atomic mass is 9.89. The van der Waals surface area contributed by atoms with Crippen LogP contribution in [0.4, 0.5) is 0 Å². The van der Waals surface area contributed by atoms with Crippen molar-refractivity contribution in [3.05, 3.63) is 43.3 Å². The lowest BCUT2D eigenvalue weighted by molar-refractivity contribution is -0.991. The smallest absolute Gasteiger partial charge is 0.349 e. The third kappa shape index (κ3) is 3.57. The molecular formula is C27H190BrNO4S2. The molecule has 8 heteroatoms. The Balaban J connectivity index is -0.00000000264. The highest BCUT2D eigenvalue weighted by Crippen LogP contribution is 2.61. The van der Waals surface area contributed by atoms with Crippen LogP contribution in [-0.2, 0) is 24.6 Å². The maximum absolute atomic E-state index is 14.2. The number of quaternary nitrogens is 1. The highest BCUT2D eigenvalue weighted by Gasteiger charge is 2.80. The van der Waals surface area contributed by atoms with Crippen LogP contribution in [0.1, 0.15) is 175 Å². The summed E-state index contributed by atoms with van der Waals surface area (Å²) in [4.78, 5) is 16.0. The standard InChI is InChI=1S/C27H38NO4S2.BrH.76H2/c1-9-28(15(2)3)20-12-19(13-21(28)26(7)22(20)32-26)31-25(29)27(30-8,23-16(4)10-11-33-23)24-18(6)17(5)14-34-24;;;;;;;;;;;;;;;;;;;;;;;;;;;;;;;;;;;;;;;;;;;;;;;;;;;;;;;;;;;;;;;;;;;;;;;;;;;;;/h10-11,14-15,19-22H,9,12-13H2,1-8H3;77*1H/q+1;;;;;;;;;;;;;;;;;;;;;;;;;;;;;;;;;;;;;;;;;;;;;;;;;;;;;;;;;;;;;;;;;;;;;;;;;;;;;/p-1. The Morgan fingerprint density at radius 2 is 1.97 bits per heavy atom. The summed E-state index contributed by atoms with van der Waals surface area (Å²) in [7, 11) is 1.64. The monoisotopic (exact) mass is 736 g/mol. The van der Waals surface area contributed by atoms with E-state index in [9.17, 15) is 4.79 Å². The van der Waals surface area contributed by atoms with Crippen molar-refractivity contribution in [1.82, 2.24) is 0 Å². The fourth-order valence-corrected chi connectivity index (χ4v) is 9.73. The molecule has 35 heavy (non-hydrogen) atoms. The quantitative estimate of drug-likeness (QED) is 0.161. The lowest BCUT2D eigenvalue weighted by Gasteiger charge is -2.54. The van der Waals surface area contributed by atoms with Crippen molar-refractivity contribution in [3.63, 3.8) is 0 Å². The first-order valence-electron chi connectivity index (χ1n) is 12.5. The Hall–Kier alpha value is -0.770. The number of morpholine rings is 1. The Bertz CT molecular complexity index is 1210. The molecule has 3 fully saturated rings.